The average Bonchev–Trinajstić information content (AvgIpc) is 2.76. The number of aryl methyl sites for hydroxylation is 1. The molecular formula is C13H12N4S. The van der Waals surface area contributed by atoms with Crippen molar-refractivity contribution in [2.75, 3.05) is 5.73 Å². The van der Waals surface area contributed by atoms with Crippen molar-refractivity contribution >= 4 is 28.5 Å². The fraction of sp³-hybridized carbons (Fsp3) is 0.0769. The van der Waals surface area contributed by atoms with Gasteiger partial charge in [-0.2, -0.15) is 0 Å². The fourth-order valence-corrected chi connectivity index (χ4v) is 2.56. The molecule has 0 saturated heterocycles. The van der Waals surface area contributed by atoms with Gasteiger partial charge in [-0.1, -0.05) is 12.1 Å². The second-order valence-electron chi connectivity index (χ2n) is 4.01. The van der Waals surface area contributed by atoms with Crippen molar-refractivity contribution < 1.29 is 0 Å². The zero-order valence-electron chi connectivity index (χ0n) is 9.84. The number of nitrogens with two attached hydrogens (primary N) is 1. The molecule has 0 aliphatic rings. The number of nitrogens with one attached hydrogen (secondary N) is 1. The minimum atomic E-state index is 0.672. The molecule has 3 aromatic rings. The van der Waals surface area contributed by atoms with Gasteiger partial charge in [-0.15, -0.1) is 0 Å². The van der Waals surface area contributed by atoms with E-state index in [2.05, 4.69) is 15.0 Å². The lowest BCUT2D eigenvalue weighted by atomic mass is 10.3. The highest BCUT2D eigenvalue weighted by Crippen LogP contribution is 2.29. The Kier molecular flexibility index (Phi) is 2.68. The third-order valence-electron chi connectivity index (χ3n) is 2.59. The number of rotatable bonds is 2. The number of H-pyrrole nitrogens is 1. The molecule has 5 heteroatoms. The molecule has 0 aliphatic heterocycles. The maximum absolute atomic E-state index is 5.91. The quantitative estimate of drug-likeness (QED) is 0.739. The van der Waals surface area contributed by atoms with E-state index in [0.717, 1.165) is 26.9 Å². The Morgan fingerprint density at radius 1 is 1.11 bits per heavy atom. The van der Waals surface area contributed by atoms with Crippen LogP contribution in [0.4, 0.5) is 5.69 Å². The van der Waals surface area contributed by atoms with Crippen molar-refractivity contribution in [2.24, 2.45) is 0 Å². The van der Waals surface area contributed by atoms with E-state index in [1.54, 1.807) is 0 Å². The second kappa shape index (κ2) is 4.34. The summed E-state index contributed by atoms with van der Waals surface area (Å²) in [6.07, 6.45) is 0. The molecule has 18 heavy (non-hydrogen) atoms. The number of hydrogen-bond donors (Lipinski definition) is 2. The lowest BCUT2D eigenvalue weighted by molar-refractivity contribution is 1.04. The van der Waals surface area contributed by atoms with Crippen molar-refractivity contribution in [2.45, 2.75) is 17.1 Å². The van der Waals surface area contributed by atoms with Crippen LogP contribution in [0.2, 0.25) is 0 Å². The molecule has 0 aliphatic carbocycles. The third kappa shape index (κ3) is 2.04. The summed E-state index contributed by atoms with van der Waals surface area (Å²) >= 11 is 1.45. The maximum Gasteiger partial charge on any atom is 0.172 e. The van der Waals surface area contributed by atoms with Gasteiger partial charge in [-0.3, -0.25) is 0 Å². The van der Waals surface area contributed by atoms with Crippen molar-refractivity contribution in [3.05, 3.63) is 42.1 Å². The van der Waals surface area contributed by atoms with Crippen LogP contribution in [-0.4, -0.2) is 15.0 Å². The molecule has 0 fully saturated rings. The summed E-state index contributed by atoms with van der Waals surface area (Å²) in [6.45, 7) is 1.95. The number of benzene rings is 1. The first-order chi connectivity index (χ1) is 8.72. The van der Waals surface area contributed by atoms with Crippen molar-refractivity contribution in [1.82, 2.24) is 15.0 Å². The first-order valence-electron chi connectivity index (χ1n) is 5.58. The Balaban J connectivity index is 1.98. The number of pyridine rings is 1. The van der Waals surface area contributed by atoms with Crippen LogP contribution in [0, 0.1) is 6.92 Å². The van der Waals surface area contributed by atoms with Gasteiger partial charge in [0.05, 0.1) is 16.7 Å². The highest BCUT2D eigenvalue weighted by molar-refractivity contribution is 7.99. The highest BCUT2D eigenvalue weighted by Gasteiger charge is 2.08. The minimum Gasteiger partial charge on any atom is -0.397 e. The molecule has 0 bridgehead atoms. The minimum absolute atomic E-state index is 0.672. The van der Waals surface area contributed by atoms with E-state index in [9.17, 15) is 0 Å². The van der Waals surface area contributed by atoms with Crippen LogP contribution in [0.5, 0.6) is 0 Å². The molecular weight excluding hydrogens is 244 g/mol. The third-order valence-corrected chi connectivity index (χ3v) is 3.50. The molecule has 0 spiro atoms. The van der Waals surface area contributed by atoms with E-state index < -0.39 is 0 Å². The lowest BCUT2D eigenvalue weighted by Crippen LogP contribution is -1.93. The Morgan fingerprint density at radius 3 is 2.78 bits per heavy atom. The first kappa shape index (κ1) is 11.1. The Hall–Kier alpha value is -2.01. The molecule has 0 saturated carbocycles. The van der Waals surface area contributed by atoms with Crippen LogP contribution < -0.4 is 5.73 Å². The molecule has 0 radical (unpaired) electrons. The van der Waals surface area contributed by atoms with Gasteiger partial charge in [0.2, 0.25) is 0 Å². The largest absolute Gasteiger partial charge is 0.397 e. The summed E-state index contributed by atoms with van der Waals surface area (Å²) in [5, 5.41) is 1.59. The molecule has 3 rings (SSSR count). The maximum atomic E-state index is 5.91. The summed E-state index contributed by atoms with van der Waals surface area (Å²) in [5.41, 5.74) is 9.50. The summed E-state index contributed by atoms with van der Waals surface area (Å²) in [6, 6.07) is 11.7. The van der Waals surface area contributed by atoms with Gasteiger partial charge >= 0.3 is 0 Å². The van der Waals surface area contributed by atoms with Gasteiger partial charge in [0.15, 0.2) is 5.16 Å². The van der Waals surface area contributed by atoms with Gasteiger partial charge in [-0.25, -0.2) is 9.97 Å². The molecule has 2 aromatic heterocycles. The van der Waals surface area contributed by atoms with E-state index in [0.29, 0.717) is 5.69 Å². The predicted molar refractivity (Wildman–Crippen MR) is 73.6 cm³/mol. The smallest absolute Gasteiger partial charge is 0.172 e. The van der Waals surface area contributed by atoms with E-state index in [4.69, 9.17) is 5.73 Å². The van der Waals surface area contributed by atoms with Gasteiger partial charge in [0.25, 0.3) is 0 Å². The molecule has 0 atom stereocenters. The van der Waals surface area contributed by atoms with Crippen molar-refractivity contribution in [3.8, 4) is 0 Å². The van der Waals surface area contributed by atoms with Gasteiger partial charge < -0.3 is 10.7 Å². The Morgan fingerprint density at radius 2 is 1.94 bits per heavy atom. The summed E-state index contributed by atoms with van der Waals surface area (Å²) in [5.74, 6) is 0. The normalized spacial score (nSPS) is 10.9. The molecule has 0 unspecified atom stereocenters. The number of aromatic amines is 1. The molecule has 3 N–H and O–H groups in total. The predicted octanol–water partition coefficient (Wildman–Crippen LogP) is 3.00. The monoisotopic (exact) mass is 256 g/mol. The topological polar surface area (TPSA) is 67.6 Å². The van der Waals surface area contributed by atoms with E-state index in [1.165, 1.54) is 11.8 Å². The van der Waals surface area contributed by atoms with Crippen LogP contribution in [0.1, 0.15) is 5.69 Å². The molecule has 0 amide bonds. The number of fused-ring (bicyclic) bond motifs is 1. The molecule has 1 aromatic carbocycles. The van der Waals surface area contributed by atoms with E-state index in [-0.39, 0.29) is 0 Å². The Bertz CT molecular complexity index is 672. The number of aromatic nitrogens is 3. The SMILES string of the molecule is Cc1ccc(N)c(Sc2nc3ccccc3[nH]2)n1. The number of nitrogen functional groups attached to an aromatic ring is 1. The number of imidazole rings is 1. The Labute approximate surface area is 109 Å². The van der Waals surface area contributed by atoms with Crippen LogP contribution in [0.3, 0.4) is 0 Å². The lowest BCUT2D eigenvalue weighted by Gasteiger charge is -2.02. The number of para-hydroxylation sites is 2. The fourth-order valence-electron chi connectivity index (χ4n) is 1.69. The van der Waals surface area contributed by atoms with Crippen LogP contribution in [-0.2, 0) is 0 Å². The van der Waals surface area contributed by atoms with Gasteiger partial charge in [0.1, 0.15) is 5.03 Å². The number of anilines is 1. The first-order valence-corrected chi connectivity index (χ1v) is 6.40. The van der Waals surface area contributed by atoms with Crippen LogP contribution >= 0.6 is 11.8 Å². The van der Waals surface area contributed by atoms with Gasteiger partial charge in [-0.05, 0) is 43.0 Å². The second-order valence-corrected chi connectivity index (χ2v) is 4.99. The molecule has 90 valence electrons. The van der Waals surface area contributed by atoms with Crippen LogP contribution in [0.25, 0.3) is 11.0 Å². The molecule has 2 heterocycles. The van der Waals surface area contributed by atoms with Crippen LogP contribution in [0.15, 0.2) is 46.6 Å². The number of hydrogen-bond acceptors (Lipinski definition) is 4. The summed E-state index contributed by atoms with van der Waals surface area (Å²) in [7, 11) is 0. The van der Waals surface area contributed by atoms with Gasteiger partial charge in [0, 0.05) is 5.69 Å². The van der Waals surface area contributed by atoms with Crippen molar-refractivity contribution in [3.63, 3.8) is 0 Å². The average molecular weight is 256 g/mol. The zero-order valence-corrected chi connectivity index (χ0v) is 10.7. The number of nitrogens with zero attached hydrogens (tertiary/aromatic N) is 2. The summed E-state index contributed by atoms with van der Waals surface area (Å²) in [4.78, 5) is 12.2. The molecule has 4 nitrogen and oxygen atoms in total. The summed E-state index contributed by atoms with van der Waals surface area (Å²) < 4.78 is 0. The standard InChI is InChI=1S/C13H12N4S/c1-8-6-7-9(14)12(15-8)18-13-16-10-4-2-3-5-11(10)17-13/h2-7H,14H2,1H3,(H,16,17). The van der Waals surface area contributed by atoms with E-state index in [1.807, 2.05) is 43.3 Å². The highest BCUT2D eigenvalue weighted by atomic mass is 32.2. The van der Waals surface area contributed by atoms with Crippen molar-refractivity contribution in [1.29, 1.82) is 0 Å². The zero-order chi connectivity index (χ0) is 12.5. The van der Waals surface area contributed by atoms with E-state index >= 15 is 0 Å².